The first kappa shape index (κ1) is 16.5. The Morgan fingerprint density at radius 1 is 1.24 bits per heavy atom. The van der Waals surface area contributed by atoms with E-state index in [0.717, 1.165) is 23.9 Å². The van der Waals surface area contributed by atoms with E-state index in [9.17, 15) is 5.11 Å². The highest BCUT2D eigenvalue weighted by Gasteiger charge is 2.20. The van der Waals surface area contributed by atoms with E-state index in [2.05, 4.69) is 12.2 Å². The van der Waals surface area contributed by atoms with Gasteiger partial charge in [0.2, 0.25) is 0 Å². The minimum absolute atomic E-state index is 0.391. The molecule has 0 radical (unpaired) electrons. The van der Waals surface area contributed by atoms with Gasteiger partial charge in [0, 0.05) is 6.54 Å². The Morgan fingerprint density at radius 2 is 2.00 bits per heavy atom. The van der Waals surface area contributed by atoms with E-state index >= 15 is 0 Å². The fraction of sp³-hybridized carbons (Fsp3) is 0.667. The minimum Gasteiger partial charge on any atom is -0.389 e. The van der Waals surface area contributed by atoms with Crippen molar-refractivity contribution in [2.45, 2.75) is 45.3 Å². The third-order valence-electron chi connectivity index (χ3n) is 4.50. The number of hydrogen-bond donors (Lipinski definition) is 2. The van der Waals surface area contributed by atoms with E-state index in [1.165, 1.54) is 25.7 Å². The molecular weight excluding hydrogens is 262 g/mol. The van der Waals surface area contributed by atoms with Crippen molar-refractivity contribution in [3.05, 3.63) is 35.9 Å². The number of benzene rings is 1. The summed E-state index contributed by atoms with van der Waals surface area (Å²) in [5.41, 5.74) is 1.15. The number of aliphatic hydroxyl groups excluding tert-OH is 1. The molecule has 0 heterocycles. The predicted molar refractivity (Wildman–Crippen MR) is 86.1 cm³/mol. The van der Waals surface area contributed by atoms with E-state index in [1.807, 2.05) is 30.3 Å². The van der Waals surface area contributed by atoms with Crippen molar-refractivity contribution in [2.75, 3.05) is 19.7 Å². The molecule has 0 aromatic heterocycles. The summed E-state index contributed by atoms with van der Waals surface area (Å²) in [7, 11) is 0. The first-order valence-electron chi connectivity index (χ1n) is 8.26. The molecule has 0 amide bonds. The second-order valence-electron chi connectivity index (χ2n) is 6.33. The lowest BCUT2D eigenvalue weighted by atomic mass is 9.80. The summed E-state index contributed by atoms with van der Waals surface area (Å²) < 4.78 is 5.56. The maximum atomic E-state index is 9.94. The highest BCUT2D eigenvalue weighted by atomic mass is 16.5. The predicted octanol–water partition coefficient (Wildman–Crippen LogP) is 2.98. The molecule has 2 N–H and O–H groups in total. The Balaban J connectivity index is 1.54. The van der Waals surface area contributed by atoms with Crippen molar-refractivity contribution >= 4 is 0 Å². The molecule has 0 spiro atoms. The highest BCUT2D eigenvalue weighted by molar-refractivity contribution is 5.13. The van der Waals surface area contributed by atoms with E-state index in [4.69, 9.17) is 4.74 Å². The molecule has 3 nitrogen and oxygen atoms in total. The number of nitrogens with one attached hydrogen (secondary N) is 1. The van der Waals surface area contributed by atoms with Gasteiger partial charge in [-0.15, -0.1) is 0 Å². The van der Waals surface area contributed by atoms with Crippen LogP contribution >= 0.6 is 0 Å². The first-order valence-corrected chi connectivity index (χ1v) is 8.26. The van der Waals surface area contributed by atoms with Crippen LogP contribution in [0, 0.1) is 11.8 Å². The standard InChI is InChI=1S/C18H29NO2/c1-15-7-5-6-10-17(15)11-19-12-18(20)14-21-13-16-8-3-2-4-9-16/h2-4,8-9,15,17-20H,5-7,10-14H2,1H3. The monoisotopic (exact) mass is 291 g/mol. The average Bonchev–Trinajstić information content (AvgIpc) is 2.50. The van der Waals surface area contributed by atoms with Gasteiger partial charge < -0.3 is 15.2 Å². The Kier molecular flexibility index (Phi) is 7.20. The zero-order valence-electron chi connectivity index (χ0n) is 13.1. The van der Waals surface area contributed by atoms with Crippen LogP contribution in [0.5, 0.6) is 0 Å². The summed E-state index contributed by atoms with van der Waals surface area (Å²) in [6, 6.07) is 10.1. The molecule has 1 aromatic rings. The zero-order chi connectivity index (χ0) is 14.9. The largest absolute Gasteiger partial charge is 0.389 e. The third kappa shape index (κ3) is 6.16. The molecule has 1 aliphatic rings. The van der Waals surface area contributed by atoms with E-state index < -0.39 is 6.10 Å². The fourth-order valence-electron chi connectivity index (χ4n) is 3.08. The Morgan fingerprint density at radius 3 is 2.76 bits per heavy atom. The molecule has 0 aliphatic heterocycles. The number of hydrogen-bond acceptors (Lipinski definition) is 3. The van der Waals surface area contributed by atoms with Crippen molar-refractivity contribution < 1.29 is 9.84 Å². The van der Waals surface area contributed by atoms with E-state index in [0.29, 0.717) is 19.8 Å². The summed E-state index contributed by atoms with van der Waals surface area (Å²) in [4.78, 5) is 0. The van der Waals surface area contributed by atoms with Gasteiger partial charge in [0.1, 0.15) is 0 Å². The molecule has 1 fully saturated rings. The van der Waals surface area contributed by atoms with E-state index in [1.54, 1.807) is 0 Å². The summed E-state index contributed by atoms with van der Waals surface area (Å²) >= 11 is 0. The van der Waals surface area contributed by atoms with Gasteiger partial charge in [0.25, 0.3) is 0 Å². The molecule has 21 heavy (non-hydrogen) atoms. The van der Waals surface area contributed by atoms with Gasteiger partial charge in [-0.05, 0) is 30.4 Å². The Bertz CT molecular complexity index is 382. The normalized spacial score (nSPS) is 23.9. The van der Waals surface area contributed by atoms with Gasteiger partial charge in [-0.25, -0.2) is 0 Å². The maximum Gasteiger partial charge on any atom is 0.0897 e. The summed E-state index contributed by atoms with van der Waals surface area (Å²) in [5, 5.41) is 13.3. The van der Waals surface area contributed by atoms with Crippen molar-refractivity contribution in [1.29, 1.82) is 0 Å². The van der Waals surface area contributed by atoms with Crippen LogP contribution in [0.25, 0.3) is 0 Å². The van der Waals surface area contributed by atoms with E-state index in [-0.39, 0.29) is 0 Å². The van der Waals surface area contributed by atoms with Gasteiger partial charge in [0.05, 0.1) is 19.3 Å². The number of ether oxygens (including phenoxy) is 1. The molecule has 2 rings (SSSR count). The van der Waals surface area contributed by atoms with Crippen LogP contribution in [0.2, 0.25) is 0 Å². The summed E-state index contributed by atoms with van der Waals surface area (Å²) in [6.45, 7) is 4.96. The lowest BCUT2D eigenvalue weighted by molar-refractivity contribution is 0.0280. The second kappa shape index (κ2) is 9.19. The lowest BCUT2D eigenvalue weighted by Crippen LogP contribution is -2.35. The van der Waals surface area contributed by atoms with Crippen molar-refractivity contribution in [2.24, 2.45) is 11.8 Å². The lowest BCUT2D eigenvalue weighted by Gasteiger charge is -2.29. The molecule has 1 aliphatic carbocycles. The van der Waals surface area contributed by atoms with Crippen molar-refractivity contribution in [3.63, 3.8) is 0 Å². The number of rotatable bonds is 8. The summed E-state index contributed by atoms with van der Waals surface area (Å²) in [6.07, 6.45) is 5.00. The van der Waals surface area contributed by atoms with Gasteiger partial charge in [0.15, 0.2) is 0 Å². The zero-order valence-corrected chi connectivity index (χ0v) is 13.1. The van der Waals surface area contributed by atoms with Crippen LogP contribution in [0.1, 0.15) is 38.2 Å². The van der Waals surface area contributed by atoms with Crippen LogP contribution in [-0.4, -0.2) is 30.9 Å². The quantitative estimate of drug-likeness (QED) is 0.773. The maximum absolute atomic E-state index is 9.94. The summed E-state index contributed by atoms with van der Waals surface area (Å²) in [5.74, 6) is 1.59. The van der Waals surface area contributed by atoms with Gasteiger partial charge in [-0.2, -0.15) is 0 Å². The molecule has 3 heteroatoms. The van der Waals surface area contributed by atoms with Gasteiger partial charge in [-0.1, -0.05) is 56.5 Å². The molecule has 118 valence electrons. The van der Waals surface area contributed by atoms with Crippen molar-refractivity contribution in [3.8, 4) is 0 Å². The van der Waals surface area contributed by atoms with Gasteiger partial charge >= 0.3 is 0 Å². The van der Waals surface area contributed by atoms with Crippen LogP contribution in [0.3, 0.4) is 0 Å². The van der Waals surface area contributed by atoms with Crippen LogP contribution in [0.4, 0.5) is 0 Å². The molecule has 0 bridgehead atoms. The molecule has 0 saturated heterocycles. The minimum atomic E-state index is -0.424. The fourth-order valence-corrected chi connectivity index (χ4v) is 3.08. The van der Waals surface area contributed by atoms with Crippen molar-refractivity contribution in [1.82, 2.24) is 5.32 Å². The second-order valence-corrected chi connectivity index (χ2v) is 6.33. The third-order valence-corrected chi connectivity index (χ3v) is 4.50. The topological polar surface area (TPSA) is 41.5 Å². The highest BCUT2D eigenvalue weighted by Crippen LogP contribution is 2.28. The van der Waals surface area contributed by atoms with Gasteiger partial charge in [-0.3, -0.25) is 0 Å². The Labute approximate surface area is 128 Å². The van der Waals surface area contributed by atoms with Crippen LogP contribution in [0.15, 0.2) is 30.3 Å². The molecule has 1 aromatic carbocycles. The van der Waals surface area contributed by atoms with Crippen LogP contribution < -0.4 is 5.32 Å². The smallest absolute Gasteiger partial charge is 0.0897 e. The SMILES string of the molecule is CC1CCCCC1CNCC(O)COCc1ccccc1. The van der Waals surface area contributed by atoms with Crippen LogP contribution in [-0.2, 0) is 11.3 Å². The molecule has 3 atom stereocenters. The molecular formula is C18H29NO2. The molecule has 3 unspecified atom stereocenters. The average molecular weight is 291 g/mol. The number of aliphatic hydroxyl groups is 1. The molecule has 1 saturated carbocycles. The Hall–Kier alpha value is -0.900. The first-order chi connectivity index (χ1) is 10.3.